The molecule has 1 aliphatic carbocycles. The van der Waals surface area contributed by atoms with Crippen LogP contribution in [0.3, 0.4) is 0 Å². The second kappa shape index (κ2) is 8.89. The number of benzene rings is 2. The Morgan fingerprint density at radius 2 is 1.48 bits per heavy atom. The Morgan fingerprint density at radius 1 is 0.968 bits per heavy atom. The maximum absolute atomic E-state index is 12.8. The van der Waals surface area contributed by atoms with Crippen LogP contribution in [0, 0.1) is 5.92 Å². The van der Waals surface area contributed by atoms with Crippen molar-refractivity contribution in [3.05, 3.63) is 59.7 Å². The van der Waals surface area contributed by atoms with Crippen molar-refractivity contribution in [3.63, 3.8) is 0 Å². The molecule has 0 bridgehead atoms. The highest BCUT2D eigenvalue weighted by atomic mass is 16.6. The summed E-state index contributed by atoms with van der Waals surface area (Å²) in [5.41, 5.74) is 9.31. The van der Waals surface area contributed by atoms with E-state index in [9.17, 15) is 19.5 Å². The minimum absolute atomic E-state index is 0.0179. The van der Waals surface area contributed by atoms with Crippen molar-refractivity contribution in [1.82, 2.24) is 0 Å². The predicted molar refractivity (Wildman–Crippen MR) is 114 cm³/mol. The van der Waals surface area contributed by atoms with Crippen LogP contribution < -0.4 is 5.73 Å². The van der Waals surface area contributed by atoms with Crippen LogP contribution in [0.5, 0.6) is 0 Å². The first-order chi connectivity index (χ1) is 14.6. The normalized spacial score (nSPS) is 14.8. The second-order valence-electron chi connectivity index (χ2n) is 8.62. The summed E-state index contributed by atoms with van der Waals surface area (Å²) in [7, 11) is 0. The highest BCUT2D eigenvalue weighted by Gasteiger charge is 2.38. The van der Waals surface area contributed by atoms with E-state index in [0.717, 1.165) is 22.3 Å². The first-order valence-corrected chi connectivity index (χ1v) is 10.1. The molecule has 0 saturated heterocycles. The molecule has 0 heterocycles. The summed E-state index contributed by atoms with van der Waals surface area (Å²) < 4.78 is 10.7. The number of carboxylic acid groups (broad SMARTS) is 1. The molecule has 0 radical (unpaired) electrons. The van der Waals surface area contributed by atoms with Gasteiger partial charge in [0.2, 0.25) is 0 Å². The summed E-state index contributed by atoms with van der Waals surface area (Å²) in [5.74, 6) is -4.45. The summed E-state index contributed by atoms with van der Waals surface area (Å²) in [5, 5.41) is 9.22. The van der Waals surface area contributed by atoms with Gasteiger partial charge in [-0.2, -0.15) is 0 Å². The van der Waals surface area contributed by atoms with Crippen molar-refractivity contribution in [3.8, 4) is 11.1 Å². The third-order valence-corrected chi connectivity index (χ3v) is 5.16. The Kier molecular flexibility index (Phi) is 6.45. The molecule has 0 amide bonds. The molecule has 3 N–H and O–H groups in total. The molecule has 0 spiro atoms. The Morgan fingerprint density at radius 3 is 1.97 bits per heavy atom. The molecule has 0 aromatic heterocycles. The number of aliphatic carboxylic acids is 1. The molecule has 7 heteroatoms. The Balaban J connectivity index is 1.77. The molecule has 1 unspecified atom stereocenters. The van der Waals surface area contributed by atoms with E-state index in [4.69, 9.17) is 15.2 Å². The maximum Gasteiger partial charge on any atom is 0.324 e. The summed E-state index contributed by atoms with van der Waals surface area (Å²) in [6.07, 6.45) is -0.628. The second-order valence-corrected chi connectivity index (χ2v) is 8.62. The van der Waals surface area contributed by atoms with Gasteiger partial charge in [-0.05, 0) is 43.0 Å². The van der Waals surface area contributed by atoms with Crippen molar-refractivity contribution >= 4 is 17.9 Å². The van der Waals surface area contributed by atoms with E-state index in [0.29, 0.717) is 0 Å². The van der Waals surface area contributed by atoms with Gasteiger partial charge in [0.25, 0.3) is 0 Å². The zero-order chi connectivity index (χ0) is 22.8. The van der Waals surface area contributed by atoms with Crippen LogP contribution in [0.4, 0.5) is 0 Å². The first kappa shape index (κ1) is 22.5. The molecular formula is C24H27NO6. The van der Waals surface area contributed by atoms with E-state index in [-0.39, 0.29) is 12.5 Å². The smallest absolute Gasteiger partial charge is 0.324 e. The zero-order valence-corrected chi connectivity index (χ0v) is 17.8. The van der Waals surface area contributed by atoms with Gasteiger partial charge < -0.3 is 20.3 Å². The van der Waals surface area contributed by atoms with Gasteiger partial charge in [0.05, 0.1) is 12.3 Å². The van der Waals surface area contributed by atoms with E-state index in [1.807, 2.05) is 48.5 Å². The van der Waals surface area contributed by atoms with Crippen LogP contribution in [0.1, 0.15) is 44.2 Å². The largest absolute Gasteiger partial charge is 0.481 e. The SMILES string of the molecule is CC(C)(C)OC(=O)[C@@H](N)C(CC(=O)O)C(=O)OCC1c2ccccc2-c2ccccc21. The average molecular weight is 425 g/mol. The molecule has 31 heavy (non-hydrogen) atoms. The summed E-state index contributed by atoms with van der Waals surface area (Å²) in [6, 6.07) is 14.3. The number of fused-ring (bicyclic) bond motifs is 3. The number of ether oxygens (including phenoxy) is 2. The molecule has 2 aromatic carbocycles. The van der Waals surface area contributed by atoms with E-state index in [1.54, 1.807) is 20.8 Å². The topological polar surface area (TPSA) is 116 Å². The molecular weight excluding hydrogens is 398 g/mol. The van der Waals surface area contributed by atoms with Crippen molar-refractivity contribution in [1.29, 1.82) is 0 Å². The highest BCUT2D eigenvalue weighted by Crippen LogP contribution is 2.44. The fourth-order valence-corrected chi connectivity index (χ4v) is 3.79. The molecule has 0 saturated carbocycles. The lowest BCUT2D eigenvalue weighted by Gasteiger charge is -2.25. The van der Waals surface area contributed by atoms with Gasteiger partial charge >= 0.3 is 17.9 Å². The number of carboxylic acids is 1. The monoisotopic (exact) mass is 425 g/mol. The van der Waals surface area contributed by atoms with Crippen LogP contribution in [-0.2, 0) is 23.9 Å². The zero-order valence-electron chi connectivity index (χ0n) is 17.8. The van der Waals surface area contributed by atoms with Gasteiger partial charge in [0, 0.05) is 5.92 Å². The highest BCUT2D eigenvalue weighted by molar-refractivity contribution is 5.88. The van der Waals surface area contributed by atoms with Gasteiger partial charge in [0.1, 0.15) is 18.2 Å². The minimum Gasteiger partial charge on any atom is -0.481 e. The lowest BCUT2D eigenvalue weighted by Crippen LogP contribution is -2.46. The fourth-order valence-electron chi connectivity index (χ4n) is 3.79. The van der Waals surface area contributed by atoms with Gasteiger partial charge in [-0.25, -0.2) is 0 Å². The fraction of sp³-hybridized carbons (Fsp3) is 0.375. The average Bonchev–Trinajstić information content (AvgIpc) is 3.02. The number of carbonyl (C=O) groups is 3. The van der Waals surface area contributed by atoms with Gasteiger partial charge in [0.15, 0.2) is 0 Å². The molecule has 164 valence electrons. The number of rotatable bonds is 7. The Hall–Kier alpha value is -3.19. The number of esters is 2. The first-order valence-electron chi connectivity index (χ1n) is 10.1. The van der Waals surface area contributed by atoms with Gasteiger partial charge in [-0.15, -0.1) is 0 Å². The number of hydrogen-bond donors (Lipinski definition) is 2. The molecule has 7 nitrogen and oxygen atoms in total. The lowest BCUT2D eigenvalue weighted by atomic mass is 9.95. The Bertz CT molecular complexity index is 948. The molecule has 0 aliphatic heterocycles. The van der Waals surface area contributed by atoms with Crippen molar-refractivity contribution in [2.24, 2.45) is 11.7 Å². The summed E-state index contributed by atoms with van der Waals surface area (Å²) in [6.45, 7) is 5.01. The minimum atomic E-state index is -1.44. The van der Waals surface area contributed by atoms with Crippen molar-refractivity contribution in [2.75, 3.05) is 6.61 Å². The van der Waals surface area contributed by atoms with Gasteiger partial charge in [-0.1, -0.05) is 48.5 Å². The quantitative estimate of drug-likeness (QED) is 0.655. The van der Waals surface area contributed by atoms with Crippen LogP contribution in [0.2, 0.25) is 0 Å². The third-order valence-electron chi connectivity index (χ3n) is 5.16. The molecule has 2 atom stereocenters. The third kappa shape index (κ3) is 5.11. The molecule has 3 rings (SSSR count). The molecule has 2 aromatic rings. The number of carbonyl (C=O) groups excluding carboxylic acids is 2. The maximum atomic E-state index is 12.8. The van der Waals surface area contributed by atoms with E-state index in [2.05, 4.69) is 0 Å². The standard InChI is InChI=1S/C24H27NO6/c1-24(2,3)31-23(29)21(25)18(12-20(26)27)22(28)30-13-19-16-10-6-4-8-14(16)15-9-5-7-11-17(15)19/h4-11,18-19,21H,12-13,25H2,1-3H3,(H,26,27)/t18?,21-/m0/s1. The Labute approximate surface area is 181 Å². The summed E-state index contributed by atoms with van der Waals surface area (Å²) >= 11 is 0. The van der Waals surface area contributed by atoms with Crippen LogP contribution >= 0.6 is 0 Å². The van der Waals surface area contributed by atoms with Crippen LogP contribution in [-0.4, -0.2) is 41.3 Å². The van der Waals surface area contributed by atoms with E-state index in [1.165, 1.54) is 0 Å². The van der Waals surface area contributed by atoms with Crippen molar-refractivity contribution < 1.29 is 29.0 Å². The van der Waals surface area contributed by atoms with E-state index >= 15 is 0 Å². The molecule has 1 aliphatic rings. The predicted octanol–water partition coefficient (Wildman–Crippen LogP) is 3.10. The lowest BCUT2D eigenvalue weighted by molar-refractivity contribution is -0.165. The molecule has 0 fully saturated rings. The van der Waals surface area contributed by atoms with Crippen LogP contribution in [0.25, 0.3) is 11.1 Å². The number of hydrogen-bond acceptors (Lipinski definition) is 6. The summed E-state index contributed by atoms with van der Waals surface area (Å²) in [4.78, 5) is 36.4. The van der Waals surface area contributed by atoms with Gasteiger partial charge in [-0.3, -0.25) is 14.4 Å². The van der Waals surface area contributed by atoms with Crippen LogP contribution in [0.15, 0.2) is 48.5 Å². The number of nitrogens with two attached hydrogens (primary N) is 1. The van der Waals surface area contributed by atoms with E-state index < -0.39 is 41.9 Å². The van der Waals surface area contributed by atoms with Crippen molar-refractivity contribution in [2.45, 2.75) is 44.8 Å².